The average Bonchev–Trinajstić information content (AvgIpc) is 2.94. The molecule has 3 rings (SSSR count). The summed E-state index contributed by atoms with van der Waals surface area (Å²) in [6.07, 6.45) is 2.32. The molecule has 7 nitrogen and oxygen atoms in total. The van der Waals surface area contributed by atoms with Gasteiger partial charge in [-0.05, 0) is 61.7 Å². The van der Waals surface area contributed by atoms with Gasteiger partial charge in [-0.2, -0.15) is 0 Å². The zero-order chi connectivity index (χ0) is 30.9. The number of carbonyl (C=O) groups is 2. The molecule has 0 aliphatic carbocycles. The second-order valence-corrected chi connectivity index (χ2v) is 13.3. The fourth-order valence-electron chi connectivity index (χ4n) is 4.46. The maximum absolute atomic E-state index is 13.9. The second kappa shape index (κ2) is 15.6. The number of anilines is 1. The van der Waals surface area contributed by atoms with E-state index in [0.717, 1.165) is 18.2 Å². The summed E-state index contributed by atoms with van der Waals surface area (Å²) in [5.41, 5.74) is 1.86. The molecule has 0 radical (unpaired) electrons. The van der Waals surface area contributed by atoms with Gasteiger partial charge in [0.15, 0.2) is 0 Å². The van der Waals surface area contributed by atoms with Crippen LogP contribution in [0.25, 0.3) is 0 Å². The number of hydrogen-bond acceptors (Lipinski definition) is 4. The van der Waals surface area contributed by atoms with Crippen molar-refractivity contribution in [1.82, 2.24) is 10.2 Å². The number of rotatable bonds is 14. The van der Waals surface area contributed by atoms with Crippen LogP contribution in [-0.4, -0.2) is 50.0 Å². The Morgan fingerprint density at radius 1 is 0.905 bits per heavy atom. The molecule has 2 amide bonds. The molecule has 226 valence electrons. The maximum Gasteiger partial charge on any atom is 0.243 e. The van der Waals surface area contributed by atoms with Gasteiger partial charge in [-0.1, -0.05) is 78.1 Å². The van der Waals surface area contributed by atoms with Gasteiger partial charge < -0.3 is 10.2 Å². The summed E-state index contributed by atoms with van der Waals surface area (Å²) in [5, 5.41) is 4.27. The summed E-state index contributed by atoms with van der Waals surface area (Å²) in [6.45, 7) is 3.95. The molecule has 0 aromatic heterocycles. The molecule has 0 fully saturated rings. The zero-order valence-corrected chi connectivity index (χ0v) is 27.0. The van der Waals surface area contributed by atoms with E-state index in [2.05, 4.69) is 5.32 Å². The number of benzene rings is 3. The summed E-state index contributed by atoms with van der Waals surface area (Å²) < 4.78 is 26.4. The predicted octanol–water partition coefficient (Wildman–Crippen LogP) is 6.75. The molecule has 42 heavy (non-hydrogen) atoms. The Balaban J connectivity index is 1.93. The minimum absolute atomic E-state index is 0.00966. The number of amides is 2. The lowest BCUT2D eigenvalue weighted by Gasteiger charge is -2.33. The highest BCUT2D eigenvalue weighted by Crippen LogP contribution is 2.28. The third kappa shape index (κ3) is 9.63. The van der Waals surface area contributed by atoms with Crippen LogP contribution in [0.5, 0.6) is 0 Å². The SMILES string of the molecule is CCC(C)NC(=O)C(Cc1ccccc1)N(Cc1c(Cl)cccc1Cl)C(=O)CCCN(c1ccc(Cl)cc1)S(C)(=O)=O. The van der Waals surface area contributed by atoms with Gasteiger partial charge in [0.05, 0.1) is 11.9 Å². The van der Waals surface area contributed by atoms with Gasteiger partial charge >= 0.3 is 0 Å². The van der Waals surface area contributed by atoms with E-state index in [1.54, 1.807) is 42.5 Å². The van der Waals surface area contributed by atoms with Gasteiger partial charge in [-0.15, -0.1) is 0 Å². The topological polar surface area (TPSA) is 86.8 Å². The minimum atomic E-state index is -3.63. The average molecular weight is 653 g/mol. The largest absolute Gasteiger partial charge is 0.352 e. The first-order chi connectivity index (χ1) is 19.9. The van der Waals surface area contributed by atoms with E-state index in [1.165, 1.54) is 9.21 Å². The Kier molecular flexibility index (Phi) is 12.5. The van der Waals surface area contributed by atoms with Crippen molar-refractivity contribution >= 4 is 62.3 Å². The number of hydrogen-bond donors (Lipinski definition) is 1. The van der Waals surface area contributed by atoms with Crippen molar-refractivity contribution < 1.29 is 18.0 Å². The van der Waals surface area contributed by atoms with Crippen LogP contribution in [0.2, 0.25) is 15.1 Å². The van der Waals surface area contributed by atoms with Gasteiger partial charge in [-0.3, -0.25) is 13.9 Å². The monoisotopic (exact) mass is 651 g/mol. The molecular weight excluding hydrogens is 617 g/mol. The van der Waals surface area contributed by atoms with Gasteiger partial charge in [-0.25, -0.2) is 8.42 Å². The van der Waals surface area contributed by atoms with Gasteiger partial charge in [0.2, 0.25) is 21.8 Å². The zero-order valence-electron chi connectivity index (χ0n) is 23.9. The molecular formula is C31H36Cl3N3O4S. The Morgan fingerprint density at radius 2 is 1.52 bits per heavy atom. The van der Waals surface area contributed by atoms with Crippen molar-refractivity contribution in [2.24, 2.45) is 0 Å². The summed E-state index contributed by atoms with van der Waals surface area (Å²) in [4.78, 5) is 29.1. The van der Waals surface area contributed by atoms with E-state index in [1.807, 2.05) is 44.2 Å². The Labute approximate surface area is 263 Å². The van der Waals surface area contributed by atoms with Crippen molar-refractivity contribution in [3.05, 3.63) is 99.0 Å². The van der Waals surface area contributed by atoms with Crippen LogP contribution in [0.4, 0.5) is 5.69 Å². The molecule has 2 atom stereocenters. The quantitative estimate of drug-likeness (QED) is 0.209. The van der Waals surface area contributed by atoms with Crippen LogP contribution in [0.15, 0.2) is 72.8 Å². The van der Waals surface area contributed by atoms with E-state index in [4.69, 9.17) is 34.8 Å². The summed E-state index contributed by atoms with van der Waals surface area (Å²) >= 11 is 19.0. The number of carbonyl (C=O) groups excluding carboxylic acids is 2. The molecule has 3 aromatic rings. The lowest BCUT2D eigenvalue weighted by molar-refractivity contribution is -0.141. The first-order valence-electron chi connectivity index (χ1n) is 13.7. The molecule has 0 aliphatic heterocycles. The molecule has 3 aromatic carbocycles. The van der Waals surface area contributed by atoms with E-state index in [9.17, 15) is 18.0 Å². The Hall–Kier alpha value is -2.78. The minimum Gasteiger partial charge on any atom is -0.352 e. The van der Waals surface area contributed by atoms with Crippen molar-refractivity contribution in [3.63, 3.8) is 0 Å². The van der Waals surface area contributed by atoms with E-state index >= 15 is 0 Å². The van der Waals surface area contributed by atoms with Gasteiger partial charge in [0.1, 0.15) is 6.04 Å². The molecule has 0 spiro atoms. The summed E-state index contributed by atoms with van der Waals surface area (Å²) in [7, 11) is -3.63. The Bertz CT molecular complexity index is 1430. The standard InChI is InChI=1S/C31H36Cl3N3O4S/c1-4-22(2)35-31(39)29(20-23-10-6-5-7-11-23)36(21-26-27(33)12-8-13-28(26)34)30(38)14-9-19-37(42(3,40)41)25-17-15-24(32)16-18-25/h5-8,10-13,15-18,22,29H,4,9,14,19-21H2,1-3H3,(H,35,39). The number of nitrogens with one attached hydrogen (secondary N) is 1. The highest BCUT2D eigenvalue weighted by Gasteiger charge is 2.32. The number of halogens is 3. The van der Waals surface area contributed by atoms with Crippen molar-refractivity contribution in [2.45, 2.75) is 58.2 Å². The van der Waals surface area contributed by atoms with Gasteiger partial charge in [0, 0.05) is 52.6 Å². The molecule has 0 aliphatic rings. The van der Waals surface area contributed by atoms with Crippen LogP contribution in [0.1, 0.15) is 44.2 Å². The fraction of sp³-hybridized carbons (Fsp3) is 0.355. The van der Waals surface area contributed by atoms with Gasteiger partial charge in [0.25, 0.3) is 0 Å². The maximum atomic E-state index is 13.9. The van der Waals surface area contributed by atoms with E-state index in [-0.39, 0.29) is 50.2 Å². The highest BCUT2D eigenvalue weighted by molar-refractivity contribution is 7.92. The fourth-order valence-corrected chi connectivity index (χ4v) is 6.07. The van der Waals surface area contributed by atoms with Crippen LogP contribution in [0.3, 0.4) is 0 Å². The number of sulfonamides is 1. The van der Waals surface area contributed by atoms with Crippen LogP contribution < -0.4 is 9.62 Å². The molecule has 0 saturated heterocycles. The highest BCUT2D eigenvalue weighted by atomic mass is 35.5. The molecule has 0 heterocycles. The molecule has 2 unspecified atom stereocenters. The van der Waals surface area contributed by atoms with Crippen LogP contribution in [0, 0.1) is 0 Å². The molecule has 1 N–H and O–H groups in total. The first kappa shape index (κ1) is 33.7. The number of nitrogens with zero attached hydrogens (tertiary/aromatic N) is 2. The lowest BCUT2D eigenvalue weighted by atomic mass is 10.0. The second-order valence-electron chi connectivity index (χ2n) is 10.2. The molecule has 0 bridgehead atoms. The van der Waals surface area contributed by atoms with Crippen LogP contribution >= 0.6 is 34.8 Å². The normalized spacial score (nSPS) is 12.8. The lowest BCUT2D eigenvalue weighted by Crippen LogP contribution is -2.52. The Morgan fingerprint density at radius 3 is 2.10 bits per heavy atom. The van der Waals surface area contributed by atoms with Crippen molar-refractivity contribution in [3.8, 4) is 0 Å². The molecule has 0 saturated carbocycles. The summed E-state index contributed by atoms with van der Waals surface area (Å²) in [6, 6.07) is 20.1. The van der Waals surface area contributed by atoms with E-state index < -0.39 is 16.1 Å². The smallest absolute Gasteiger partial charge is 0.243 e. The van der Waals surface area contributed by atoms with Crippen molar-refractivity contribution in [2.75, 3.05) is 17.1 Å². The predicted molar refractivity (Wildman–Crippen MR) is 172 cm³/mol. The van der Waals surface area contributed by atoms with E-state index in [0.29, 0.717) is 26.3 Å². The van der Waals surface area contributed by atoms with Crippen molar-refractivity contribution in [1.29, 1.82) is 0 Å². The third-order valence-electron chi connectivity index (χ3n) is 6.93. The summed E-state index contributed by atoms with van der Waals surface area (Å²) in [5.74, 6) is -0.612. The third-order valence-corrected chi connectivity index (χ3v) is 9.08. The van der Waals surface area contributed by atoms with Crippen LogP contribution in [-0.2, 0) is 32.6 Å². The molecule has 11 heteroatoms. The first-order valence-corrected chi connectivity index (χ1v) is 16.7.